The lowest BCUT2D eigenvalue weighted by Crippen LogP contribution is -2.24. The maximum absolute atomic E-state index is 5.94. The van der Waals surface area contributed by atoms with Gasteiger partial charge in [0.05, 0.1) is 0 Å². The monoisotopic (exact) mass is 218 g/mol. The van der Waals surface area contributed by atoms with Gasteiger partial charge in [-0.3, -0.25) is 4.90 Å². The van der Waals surface area contributed by atoms with Crippen LogP contribution in [0.1, 0.15) is 36.8 Å². The van der Waals surface area contributed by atoms with Crippen molar-refractivity contribution in [3.8, 4) is 0 Å². The highest BCUT2D eigenvalue weighted by Crippen LogP contribution is 2.19. The lowest BCUT2D eigenvalue weighted by molar-refractivity contribution is 0.276. The summed E-state index contributed by atoms with van der Waals surface area (Å²) in [6, 6.07) is 6.26. The second-order valence-electron chi connectivity index (χ2n) is 4.82. The normalized spacial score (nSPS) is 18.3. The van der Waals surface area contributed by atoms with Crippen LogP contribution in [-0.2, 0) is 6.54 Å². The van der Waals surface area contributed by atoms with Crippen LogP contribution in [0.2, 0.25) is 0 Å². The van der Waals surface area contributed by atoms with Crippen LogP contribution >= 0.6 is 0 Å². The smallest absolute Gasteiger partial charge is 0.0346 e. The van der Waals surface area contributed by atoms with Crippen molar-refractivity contribution in [2.24, 2.45) is 0 Å². The van der Waals surface area contributed by atoms with Gasteiger partial charge in [0, 0.05) is 12.2 Å². The molecule has 0 saturated carbocycles. The third-order valence-corrected chi connectivity index (χ3v) is 3.58. The third-order valence-electron chi connectivity index (χ3n) is 3.58. The first-order valence-corrected chi connectivity index (χ1v) is 6.33. The minimum Gasteiger partial charge on any atom is -0.399 e. The van der Waals surface area contributed by atoms with Gasteiger partial charge in [0.25, 0.3) is 0 Å². The molecule has 1 aliphatic heterocycles. The van der Waals surface area contributed by atoms with E-state index in [0.29, 0.717) is 0 Å². The minimum absolute atomic E-state index is 0.923. The molecule has 0 aromatic heterocycles. The van der Waals surface area contributed by atoms with E-state index in [1.54, 1.807) is 0 Å². The number of benzene rings is 1. The number of rotatable bonds is 2. The molecule has 0 radical (unpaired) electrons. The van der Waals surface area contributed by atoms with Crippen LogP contribution in [0.4, 0.5) is 5.69 Å². The van der Waals surface area contributed by atoms with Crippen molar-refractivity contribution in [2.75, 3.05) is 18.8 Å². The standard InChI is InChI=1S/C14H22N2/c1-12-13(7-6-8-14(12)15)11-16-9-4-2-3-5-10-16/h6-8H,2-5,9-11,15H2,1H3. The quantitative estimate of drug-likeness (QED) is 0.773. The minimum atomic E-state index is 0.923. The van der Waals surface area contributed by atoms with E-state index in [1.807, 2.05) is 6.07 Å². The van der Waals surface area contributed by atoms with Gasteiger partial charge < -0.3 is 5.73 Å². The van der Waals surface area contributed by atoms with E-state index in [2.05, 4.69) is 24.0 Å². The largest absolute Gasteiger partial charge is 0.399 e. The van der Waals surface area contributed by atoms with Gasteiger partial charge in [-0.15, -0.1) is 0 Å². The molecule has 2 rings (SSSR count). The van der Waals surface area contributed by atoms with Gasteiger partial charge in [0.15, 0.2) is 0 Å². The molecular formula is C14H22N2. The van der Waals surface area contributed by atoms with Gasteiger partial charge in [-0.2, -0.15) is 0 Å². The molecule has 0 unspecified atom stereocenters. The van der Waals surface area contributed by atoms with Crippen molar-refractivity contribution < 1.29 is 0 Å². The molecule has 0 aliphatic carbocycles. The zero-order chi connectivity index (χ0) is 11.4. The second kappa shape index (κ2) is 5.35. The highest BCUT2D eigenvalue weighted by molar-refractivity contribution is 5.49. The van der Waals surface area contributed by atoms with Crippen molar-refractivity contribution in [3.05, 3.63) is 29.3 Å². The number of likely N-dealkylation sites (tertiary alicyclic amines) is 1. The fraction of sp³-hybridized carbons (Fsp3) is 0.571. The van der Waals surface area contributed by atoms with Gasteiger partial charge in [-0.25, -0.2) is 0 Å². The Bertz CT molecular complexity index is 339. The molecular weight excluding hydrogens is 196 g/mol. The molecule has 2 N–H and O–H groups in total. The molecule has 0 amide bonds. The van der Waals surface area contributed by atoms with E-state index < -0.39 is 0 Å². The molecule has 1 heterocycles. The number of nitrogens with zero attached hydrogens (tertiary/aromatic N) is 1. The molecule has 1 fully saturated rings. The Balaban J connectivity index is 2.04. The molecule has 2 heteroatoms. The van der Waals surface area contributed by atoms with E-state index in [-0.39, 0.29) is 0 Å². The average molecular weight is 218 g/mol. The molecule has 0 spiro atoms. The maximum Gasteiger partial charge on any atom is 0.0346 e. The summed E-state index contributed by atoms with van der Waals surface area (Å²) in [4.78, 5) is 2.56. The van der Waals surface area contributed by atoms with Gasteiger partial charge in [0.1, 0.15) is 0 Å². The molecule has 0 bridgehead atoms. The molecule has 0 atom stereocenters. The Morgan fingerprint density at radius 3 is 2.50 bits per heavy atom. The van der Waals surface area contributed by atoms with Crippen LogP contribution in [-0.4, -0.2) is 18.0 Å². The van der Waals surface area contributed by atoms with Crippen LogP contribution in [0.5, 0.6) is 0 Å². The lowest BCUT2D eigenvalue weighted by atomic mass is 10.1. The summed E-state index contributed by atoms with van der Waals surface area (Å²) >= 11 is 0. The number of hydrogen-bond donors (Lipinski definition) is 1. The number of nitrogen functional groups attached to an aromatic ring is 1. The third kappa shape index (κ3) is 2.76. The molecule has 1 saturated heterocycles. The number of anilines is 1. The summed E-state index contributed by atoms with van der Waals surface area (Å²) in [5.41, 5.74) is 9.51. The van der Waals surface area contributed by atoms with Gasteiger partial charge in [-0.05, 0) is 50.0 Å². The van der Waals surface area contributed by atoms with Crippen LogP contribution < -0.4 is 5.73 Å². The SMILES string of the molecule is Cc1c(N)cccc1CN1CCCCCC1. The first-order valence-electron chi connectivity index (χ1n) is 6.33. The van der Waals surface area contributed by atoms with Crippen LogP contribution in [0.15, 0.2) is 18.2 Å². The summed E-state index contributed by atoms with van der Waals surface area (Å²) in [6.45, 7) is 5.68. The Morgan fingerprint density at radius 2 is 1.81 bits per heavy atom. The summed E-state index contributed by atoms with van der Waals surface area (Å²) in [6.07, 6.45) is 5.49. The maximum atomic E-state index is 5.94. The summed E-state index contributed by atoms with van der Waals surface area (Å²) < 4.78 is 0. The Kier molecular flexibility index (Phi) is 3.83. The lowest BCUT2D eigenvalue weighted by Gasteiger charge is -2.21. The summed E-state index contributed by atoms with van der Waals surface area (Å²) in [5.74, 6) is 0. The van der Waals surface area contributed by atoms with E-state index in [4.69, 9.17) is 5.73 Å². The van der Waals surface area contributed by atoms with E-state index in [1.165, 1.54) is 49.9 Å². The Labute approximate surface area is 98.4 Å². The predicted octanol–water partition coefficient (Wildman–Crippen LogP) is 2.95. The van der Waals surface area contributed by atoms with Gasteiger partial charge in [-0.1, -0.05) is 25.0 Å². The number of hydrogen-bond acceptors (Lipinski definition) is 2. The molecule has 88 valence electrons. The zero-order valence-electron chi connectivity index (χ0n) is 10.2. The number of nitrogens with two attached hydrogens (primary N) is 1. The topological polar surface area (TPSA) is 29.3 Å². The summed E-state index contributed by atoms with van der Waals surface area (Å²) in [5, 5.41) is 0. The molecule has 1 aromatic carbocycles. The first-order chi connectivity index (χ1) is 7.77. The predicted molar refractivity (Wildman–Crippen MR) is 69.3 cm³/mol. The van der Waals surface area contributed by atoms with Crippen molar-refractivity contribution in [1.82, 2.24) is 4.90 Å². The Morgan fingerprint density at radius 1 is 1.12 bits per heavy atom. The average Bonchev–Trinajstić information content (AvgIpc) is 2.53. The van der Waals surface area contributed by atoms with E-state index >= 15 is 0 Å². The molecule has 2 nitrogen and oxygen atoms in total. The van der Waals surface area contributed by atoms with E-state index in [0.717, 1.165) is 12.2 Å². The fourth-order valence-electron chi connectivity index (χ4n) is 2.41. The van der Waals surface area contributed by atoms with Crippen molar-refractivity contribution in [1.29, 1.82) is 0 Å². The van der Waals surface area contributed by atoms with Crippen LogP contribution in [0.25, 0.3) is 0 Å². The fourth-order valence-corrected chi connectivity index (χ4v) is 2.41. The van der Waals surface area contributed by atoms with Gasteiger partial charge in [0.2, 0.25) is 0 Å². The zero-order valence-corrected chi connectivity index (χ0v) is 10.2. The van der Waals surface area contributed by atoms with Crippen molar-refractivity contribution >= 4 is 5.69 Å². The highest BCUT2D eigenvalue weighted by atomic mass is 15.1. The molecule has 1 aliphatic rings. The van der Waals surface area contributed by atoms with E-state index in [9.17, 15) is 0 Å². The van der Waals surface area contributed by atoms with Crippen LogP contribution in [0.3, 0.4) is 0 Å². The Hall–Kier alpha value is -1.02. The molecule has 16 heavy (non-hydrogen) atoms. The van der Waals surface area contributed by atoms with Crippen molar-refractivity contribution in [3.63, 3.8) is 0 Å². The van der Waals surface area contributed by atoms with Crippen LogP contribution in [0, 0.1) is 6.92 Å². The van der Waals surface area contributed by atoms with Crippen molar-refractivity contribution in [2.45, 2.75) is 39.2 Å². The summed E-state index contributed by atoms with van der Waals surface area (Å²) in [7, 11) is 0. The van der Waals surface area contributed by atoms with Gasteiger partial charge >= 0.3 is 0 Å². The second-order valence-corrected chi connectivity index (χ2v) is 4.82. The first kappa shape index (κ1) is 11.5. The molecule has 1 aromatic rings. The highest BCUT2D eigenvalue weighted by Gasteiger charge is 2.11.